The molecule has 0 unspecified atom stereocenters. The Bertz CT molecular complexity index is 711. The zero-order chi connectivity index (χ0) is 13.4. The van der Waals surface area contributed by atoms with Crippen LogP contribution in [0, 0.1) is 0 Å². The number of hydrogen-bond acceptors (Lipinski definition) is 1. The Kier molecular flexibility index (Phi) is 3.03. The second kappa shape index (κ2) is 4.71. The monoisotopic (exact) mass is 270 g/mol. The molecule has 3 heteroatoms. The van der Waals surface area contributed by atoms with Crippen molar-refractivity contribution in [2.75, 3.05) is 0 Å². The maximum absolute atomic E-state index is 5.98. The summed E-state index contributed by atoms with van der Waals surface area (Å²) in [6.45, 7) is 4.39. The highest BCUT2D eigenvalue weighted by molar-refractivity contribution is 6.30. The van der Waals surface area contributed by atoms with Gasteiger partial charge in [0.2, 0.25) is 0 Å². The first-order valence-electron chi connectivity index (χ1n) is 6.38. The van der Waals surface area contributed by atoms with E-state index in [1.807, 2.05) is 28.9 Å². The maximum Gasteiger partial charge on any atom is 0.137 e. The van der Waals surface area contributed by atoms with Gasteiger partial charge in [-0.1, -0.05) is 49.7 Å². The molecule has 2 heterocycles. The third-order valence-corrected chi connectivity index (χ3v) is 3.51. The van der Waals surface area contributed by atoms with Crippen molar-refractivity contribution in [1.82, 2.24) is 9.38 Å². The molecule has 96 valence electrons. The Balaban J connectivity index is 2.03. The number of imidazole rings is 1. The minimum atomic E-state index is 0.550. The lowest BCUT2D eigenvalue weighted by Crippen LogP contribution is -1.86. The fraction of sp³-hybridized carbons (Fsp3) is 0.188. The average molecular weight is 271 g/mol. The molecular formula is C16H15ClN2. The minimum absolute atomic E-state index is 0.550. The predicted molar refractivity (Wildman–Crippen MR) is 79.7 cm³/mol. The fourth-order valence-corrected chi connectivity index (χ4v) is 2.31. The highest BCUT2D eigenvalue weighted by Crippen LogP contribution is 2.23. The van der Waals surface area contributed by atoms with Crippen LogP contribution in [-0.2, 0) is 0 Å². The number of aromatic nitrogens is 2. The van der Waals surface area contributed by atoms with Crippen molar-refractivity contribution in [2.45, 2.75) is 19.8 Å². The van der Waals surface area contributed by atoms with Gasteiger partial charge in [0.05, 0.1) is 10.7 Å². The van der Waals surface area contributed by atoms with Gasteiger partial charge >= 0.3 is 0 Å². The summed E-state index contributed by atoms with van der Waals surface area (Å²) in [5.41, 5.74) is 4.35. The predicted octanol–water partition coefficient (Wildman–Crippen LogP) is 4.78. The molecule has 0 saturated heterocycles. The van der Waals surface area contributed by atoms with E-state index in [1.54, 1.807) is 0 Å². The van der Waals surface area contributed by atoms with E-state index in [0.717, 1.165) is 16.9 Å². The first-order chi connectivity index (χ1) is 9.13. The Labute approximate surface area is 117 Å². The maximum atomic E-state index is 5.98. The van der Waals surface area contributed by atoms with Crippen LogP contribution in [0.25, 0.3) is 16.9 Å². The normalized spacial score (nSPS) is 11.4. The van der Waals surface area contributed by atoms with Crippen LogP contribution in [0.15, 0.2) is 48.8 Å². The molecule has 0 fully saturated rings. The van der Waals surface area contributed by atoms with Gasteiger partial charge in [-0.25, -0.2) is 4.98 Å². The van der Waals surface area contributed by atoms with Crippen molar-refractivity contribution in [3.05, 3.63) is 59.4 Å². The van der Waals surface area contributed by atoms with Gasteiger partial charge in [0.25, 0.3) is 0 Å². The topological polar surface area (TPSA) is 17.3 Å². The van der Waals surface area contributed by atoms with Crippen molar-refractivity contribution in [3.8, 4) is 11.3 Å². The number of halogens is 1. The Morgan fingerprint density at radius 3 is 2.42 bits per heavy atom. The molecule has 0 radical (unpaired) electrons. The van der Waals surface area contributed by atoms with Crippen LogP contribution in [0.5, 0.6) is 0 Å². The van der Waals surface area contributed by atoms with E-state index in [4.69, 9.17) is 11.6 Å². The summed E-state index contributed by atoms with van der Waals surface area (Å²) in [6, 6.07) is 12.4. The van der Waals surface area contributed by atoms with E-state index in [2.05, 4.69) is 43.1 Å². The van der Waals surface area contributed by atoms with Crippen LogP contribution in [0.1, 0.15) is 25.3 Å². The van der Waals surface area contributed by atoms with Crippen molar-refractivity contribution in [3.63, 3.8) is 0 Å². The first kappa shape index (κ1) is 12.2. The van der Waals surface area contributed by atoms with E-state index < -0.39 is 0 Å². The Morgan fingerprint density at radius 1 is 1.00 bits per heavy atom. The zero-order valence-electron chi connectivity index (χ0n) is 11.0. The second-order valence-corrected chi connectivity index (χ2v) is 5.45. The van der Waals surface area contributed by atoms with Crippen LogP contribution >= 0.6 is 11.6 Å². The third-order valence-electron chi connectivity index (χ3n) is 3.29. The molecule has 0 atom stereocenters. The summed E-state index contributed by atoms with van der Waals surface area (Å²) in [5, 5.41) is 0.714. The number of benzene rings is 1. The second-order valence-electron chi connectivity index (χ2n) is 5.02. The standard InChI is InChI=1S/C16H15ClN2/c1-11(2)12-3-5-13(6-4-12)15-10-19-9-14(17)7-8-16(19)18-15/h3-11H,1-2H3. The van der Waals surface area contributed by atoms with Gasteiger partial charge in [0, 0.05) is 18.0 Å². The summed E-state index contributed by atoms with van der Waals surface area (Å²) in [6.07, 6.45) is 3.88. The molecule has 0 bridgehead atoms. The summed E-state index contributed by atoms with van der Waals surface area (Å²) >= 11 is 5.98. The molecule has 0 aliphatic rings. The van der Waals surface area contributed by atoms with E-state index in [0.29, 0.717) is 10.9 Å². The number of fused-ring (bicyclic) bond motifs is 1. The SMILES string of the molecule is CC(C)c1ccc(-c2cn3cc(Cl)ccc3n2)cc1. The van der Waals surface area contributed by atoms with Crippen molar-refractivity contribution in [1.29, 1.82) is 0 Å². The number of nitrogens with zero attached hydrogens (tertiary/aromatic N) is 2. The van der Waals surface area contributed by atoms with Gasteiger partial charge in [-0.3, -0.25) is 0 Å². The molecule has 0 aliphatic heterocycles. The lowest BCUT2D eigenvalue weighted by Gasteiger charge is -2.05. The summed E-state index contributed by atoms with van der Waals surface area (Å²) < 4.78 is 1.95. The first-order valence-corrected chi connectivity index (χ1v) is 6.76. The molecular weight excluding hydrogens is 256 g/mol. The van der Waals surface area contributed by atoms with E-state index >= 15 is 0 Å². The van der Waals surface area contributed by atoms with Crippen LogP contribution < -0.4 is 0 Å². The van der Waals surface area contributed by atoms with Crippen LogP contribution in [0.4, 0.5) is 0 Å². The number of pyridine rings is 1. The van der Waals surface area contributed by atoms with Crippen LogP contribution in [0.2, 0.25) is 5.02 Å². The molecule has 0 N–H and O–H groups in total. The summed E-state index contributed by atoms with van der Waals surface area (Å²) in [4.78, 5) is 4.60. The van der Waals surface area contributed by atoms with Gasteiger partial charge in [0.1, 0.15) is 5.65 Å². The number of hydrogen-bond donors (Lipinski definition) is 0. The van der Waals surface area contributed by atoms with Crippen molar-refractivity contribution in [2.24, 2.45) is 0 Å². The smallest absolute Gasteiger partial charge is 0.137 e. The lowest BCUT2D eigenvalue weighted by atomic mass is 10.0. The largest absolute Gasteiger partial charge is 0.305 e. The van der Waals surface area contributed by atoms with Gasteiger partial charge < -0.3 is 4.40 Å². The molecule has 1 aromatic carbocycles. The quantitative estimate of drug-likeness (QED) is 0.655. The molecule has 3 aromatic rings. The summed E-state index contributed by atoms with van der Waals surface area (Å²) in [5.74, 6) is 0.550. The van der Waals surface area contributed by atoms with Crippen LogP contribution in [0.3, 0.4) is 0 Å². The molecule has 3 rings (SSSR count). The Hall–Kier alpha value is -1.80. The molecule has 0 spiro atoms. The molecule has 2 nitrogen and oxygen atoms in total. The summed E-state index contributed by atoms with van der Waals surface area (Å²) in [7, 11) is 0. The van der Waals surface area contributed by atoms with Gasteiger partial charge in [-0.15, -0.1) is 0 Å². The van der Waals surface area contributed by atoms with Crippen molar-refractivity contribution >= 4 is 17.2 Å². The highest BCUT2D eigenvalue weighted by Gasteiger charge is 2.05. The van der Waals surface area contributed by atoms with Gasteiger partial charge in [0.15, 0.2) is 0 Å². The van der Waals surface area contributed by atoms with Gasteiger partial charge in [-0.2, -0.15) is 0 Å². The molecule has 0 amide bonds. The van der Waals surface area contributed by atoms with Gasteiger partial charge in [-0.05, 0) is 23.6 Å². The van der Waals surface area contributed by atoms with E-state index in [9.17, 15) is 0 Å². The van der Waals surface area contributed by atoms with E-state index in [1.165, 1.54) is 5.56 Å². The highest BCUT2D eigenvalue weighted by atomic mass is 35.5. The molecule has 0 saturated carbocycles. The Morgan fingerprint density at radius 2 is 1.74 bits per heavy atom. The minimum Gasteiger partial charge on any atom is -0.305 e. The van der Waals surface area contributed by atoms with E-state index in [-0.39, 0.29) is 0 Å². The number of rotatable bonds is 2. The zero-order valence-corrected chi connectivity index (χ0v) is 11.7. The fourth-order valence-electron chi connectivity index (χ4n) is 2.14. The third kappa shape index (κ3) is 2.36. The molecule has 19 heavy (non-hydrogen) atoms. The average Bonchev–Trinajstić information content (AvgIpc) is 2.81. The van der Waals surface area contributed by atoms with Crippen molar-refractivity contribution < 1.29 is 0 Å². The van der Waals surface area contributed by atoms with Crippen LogP contribution in [-0.4, -0.2) is 9.38 Å². The molecule has 2 aromatic heterocycles. The lowest BCUT2D eigenvalue weighted by molar-refractivity contribution is 0.867. The molecule has 0 aliphatic carbocycles.